The molecule has 1 aliphatic carbocycles. The first-order valence-electron chi connectivity index (χ1n) is 29.1. The van der Waals surface area contributed by atoms with Crippen LogP contribution in [0.5, 0.6) is 0 Å². The molecule has 1 atom stereocenters. The number of carbonyl (C=O) groups excluding carboxylic acids is 9. The Balaban J connectivity index is 1.45. The highest BCUT2D eigenvalue weighted by atomic mass is 16.7. The number of carbonyl (C=O) groups is 9. The third kappa shape index (κ3) is 37.2. The van der Waals surface area contributed by atoms with Crippen molar-refractivity contribution >= 4 is 53.4 Å². The van der Waals surface area contributed by atoms with E-state index >= 15 is 0 Å². The molecule has 1 saturated heterocycles. The summed E-state index contributed by atoms with van der Waals surface area (Å²) in [6, 6.07) is -0.995. The van der Waals surface area contributed by atoms with Crippen LogP contribution in [0.3, 0.4) is 0 Å². The van der Waals surface area contributed by atoms with Gasteiger partial charge in [-0.15, -0.1) is 5.06 Å². The van der Waals surface area contributed by atoms with Crippen LogP contribution in [0.4, 0.5) is 0 Å². The zero-order valence-electron chi connectivity index (χ0n) is 48.4. The van der Waals surface area contributed by atoms with Crippen LogP contribution >= 0.6 is 0 Å². The lowest BCUT2D eigenvalue weighted by atomic mass is 9.81. The van der Waals surface area contributed by atoms with Gasteiger partial charge >= 0.3 is 17.9 Å². The molecule has 4 N–H and O–H groups in total. The second kappa shape index (κ2) is 41.3. The van der Waals surface area contributed by atoms with E-state index in [0.717, 1.165) is 44.9 Å². The molecule has 78 heavy (non-hydrogen) atoms. The van der Waals surface area contributed by atoms with E-state index in [1.54, 1.807) is 20.8 Å². The van der Waals surface area contributed by atoms with E-state index in [2.05, 4.69) is 26.1 Å². The summed E-state index contributed by atoms with van der Waals surface area (Å²) in [4.78, 5) is 115. The summed E-state index contributed by atoms with van der Waals surface area (Å²) < 4.78 is 32.2. The molecular formula is C57H99N5O16. The van der Waals surface area contributed by atoms with Crippen molar-refractivity contribution in [2.45, 2.75) is 226 Å². The van der Waals surface area contributed by atoms with Gasteiger partial charge in [-0.1, -0.05) is 89.9 Å². The van der Waals surface area contributed by atoms with E-state index in [1.165, 1.54) is 70.6 Å². The number of ether oxygens (including phenoxy) is 6. The van der Waals surface area contributed by atoms with Crippen molar-refractivity contribution in [3.05, 3.63) is 0 Å². The molecule has 1 saturated carbocycles. The van der Waals surface area contributed by atoms with Gasteiger partial charge in [-0.3, -0.25) is 33.6 Å². The van der Waals surface area contributed by atoms with Gasteiger partial charge < -0.3 is 54.5 Å². The van der Waals surface area contributed by atoms with Crippen molar-refractivity contribution in [1.82, 2.24) is 26.3 Å². The first-order chi connectivity index (χ1) is 37.2. The van der Waals surface area contributed by atoms with Crippen LogP contribution in [0, 0.1) is 11.8 Å². The minimum atomic E-state index is -0.995. The number of hydrogen-bond acceptors (Lipinski definition) is 16. The van der Waals surface area contributed by atoms with Gasteiger partial charge in [0.25, 0.3) is 11.8 Å². The summed E-state index contributed by atoms with van der Waals surface area (Å²) in [6.07, 6.45) is 23.1. The van der Waals surface area contributed by atoms with Gasteiger partial charge in [0.2, 0.25) is 23.6 Å². The molecule has 0 aromatic rings. The van der Waals surface area contributed by atoms with Crippen molar-refractivity contribution in [2.24, 2.45) is 11.8 Å². The number of amides is 6. The lowest BCUT2D eigenvalue weighted by Crippen LogP contribution is -2.47. The third-order valence-electron chi connectivity index (χ3n) is 13.0. The number of esters is 2. The van der Waals surface area contributed by atoms with Crippen LogP contribution < -0.4 is 21.3 Å². The van der Waals surface area contributed by atoms with Gasteiger partial charge in [-0.05, 0) is 92.4 Å². The van der Waals surface area contributed by atoms with Crippen LogP contribution in [0.1, 0.15) is 208 Å². The van der Waals surface area contributed by atoms with Crippen molar-refractivity contribution in [3.8, 4) is 0 Å². The fraction of sp³-hybridized carbons (Fsp3) is 0.842. The van der Waals surface area contributed by atoms with E-state index in [4.69, 9.17) is 28.4 Å². The van der Waals surface area contributed by atoms with Crippen LogP contribution in [0.2, 0.25) is 0 Å². The summed E-state index contributed by atoms with van der Waals surface area (Å²) in [5.74, 6) is -3.54. The fourth-order valence-electron chi connectivity index (χ4n) is 8.80. The second-order valence-corrected chi connectivity index (χ2v) is 22.5. The van der Waals surface area contributed by atoms with Crippen molar-refractivity contribution in [2.75, 3.05) is 72.5 Å². The summed E-state index contributed by atoms with van der Waals surface area (Å²) in [6.45, 7) is 12.2. The maximum Gasteiger partial charge on any atom is 0.358 e. The maximum absolute atomic E-state index is 13.4. The standard InChI is InChI=1S/C57H99N5O16/c1-56(2,3)76-52(68)24-22-20-18-16-14-12-10-8-7-9-11-13-15-17-19-21-23-47(63)60-41-44-25-27-45(28-26-44)54(70)61-46(55(71)77-57(4,5)6)29-30-48(64)58-33-35-72-37-39-74-42-49(65)59-34-36-73-38-40-75-43-53(69)78-62-50(66)31-32-51(62)67/h44-46H,7-43H2,1-6H3,(H,58,64)(H,59,65)(H,60,63)(H,61,70)/t44?,45?,46-/m0/s1. The zero-order chi connectivity index (χ0) is 57.4. The normalized spacial score (nSPS) is 16.1. The number of imide groups is 1. The topological polar surface area (TPSA) is 270 Å². The number of hydroxylamine groups is 2. The summed E-state index contributed by atoms with van der Waals surface area (Å²) in [5.41, 5.74) is -1.18. The zero-order valence-corrected chi connectivity index (χ0v) is 48.4. The Labute approximate surface area is 464 Å². The van der Waals surface area contributed by atoms with Crippen LogP contribution in [-0.2, 0) is 76.4 Å². The predicted octanol–water partition coefficient (Wildman–Crippen LogP) is 6.79. The molecule has 2 fully saturated rings. The van der Waals surface area contributed by atoms with Gasteiger partial charge in [-0.2, -0.15) is 0 Å². The van der Waals surface area contributed by atoms with E-state index in [0.29, 0.717) is 43.2 Å². The largest absolute Gasteiger partial charge is 0.460 e. The highest BCUT2D eigenvalue weighted by Gasteiger charge is 2.34. The Kier molecular flexibility index (Phi) is 36.7. The molecule has 0 radical (unpaired) electrons. The predicted molar refractivity (Wildman–Crippen MR) is 291 cm³/mol. The van der Waals surface area contributed by atoms with Crippen molar-refractivity contribution in [3.63, 3.8) is 0 Å². The van der Waals surface area contributed by atoms with E-state index in [-0.39, 0.29) is 121 Å². The molecule has 2 rings (SSSR count). The highest BCUT2D eigenvalue weighted by molar-refractivity contribution is 6.01. The number of nitrogens with one attached hydrogen (secondary N) is 4. The summed E-state index contributed by atoms with van der Waals surface area (Å²) >= 11 is 0. The average Bonchev–Trinajstić information content (AvgIpc) is 3.69. The van der Waals surface area contributed by atoms with Gasteiger partial charge in [0, 0.05) is 57.7 Å². The quantitative estimate of drug-likeness (QED) is 0.0278. The summed E-state index contributed by atoms with van der Waals surface area (Å²) in [7, 11) is 0. The molecule has 2 aliphatic rings. The number of rotatable bonds is 44. The molecule has 0 aromatic heterocycles. The van der Waals surface area contributed by atoms with E-state index in [9.17, 15) is 43.2 Å². The van der Waals surface area contributed by atoms with Crippen molar-refractivity contribution < 1.29 is 76.4 Å². The Morgan fingerprint density at radius 2 is 0.949 bits per heavy atom. The van der Waals surface area contributed by atoms with Gasteiger partial charge in [0.05, 0.1) is 39.6 Å². The minimum absolute atomic E-state index is 0.000799. The number of unbranched alkanes of at least 4 members (excludes halogenated alkanes) is 15. The molecule has 21 nitrogen and oxygen atoms in total. The van der Waals surface area contributed by atoms with Gasteiger partial charge in [0.1, 0.15) is 30.5 Å². The van der Waals surface area contributed by atoms with E-state index < -0.39 is 47.6 Å². The third-order valence-corrected chi connectivity index (χ3v) is 13.0. The monoisotopic (exact) mass is 1110 g/mol. The molecule has 1 heterocycles. The molecule has 6 amide bonds. The lowest BCUT2D eigenvalue weighted by molar-refractivity contribution is -0.200. The second-order valence-electron chi connectivity index (χ2n) is 22.5. The molecule has 448 valence electrons. The fourth-order valence-corrected chi connectivity index (χ4v) is 8.80. The molecule has 0 aromatic carbocycles. The molecule has 1 aliphatic heterocycles. The molecule has 0 spiro atoms. The Hall–Kier alpha value is -4.73. The Bertz CT molecular complexity index is 1760. The Morgan fingerprint density at radius 1 is 0.500 bits per heavy atom. The average molecular weight is 1110 g/mol. The lowest BCUT2D eigenvalue weighted by Gasteiger charge is -2.30. The molecule has 0 bridgehead atoms. The first-order valence-corrected chi connectivity index (χ1v) is 29.1. The van der Waals surface area contributed by atoms with Crippen LogP contribution in [-0.4, -0.2) is 148 Å². The van der Waals surface area contributed by atoms with Crippen LogP contribution in [0.25, 0.3) is 0 Å². The SMILES string of the molecule is CC(C)(C)OC(=O)CCCCCCCCCCCCCCCCCCC(=O)NCC1CCC(C(=O)N[C@@H](CCC(=O)NCCOCCOCC(=O)NCCOCCOCC(=O)ON2C(=O)CCC2=O)C(=O)OC(C)(C)C)CC1. The maximum atomic E-state index is 13.4. The Morgan fingerprint density at radius 3 is 1.46 bits per heavy atom. The molecular weight excluding hydrogens is 1010 g/mol. The van der Waals surface area contributed by atoms with Crippen LogP contribution in [0.15, 0.2) is 0 Å². The smallest absolute Gasteiger partial charge is 0.358 e. The first kappa shape index (κ1) is 69.4. The molecule has 0 unspecified atom stereocenters. The number of nitrogens with zero attached hydrogens (tertiary/aromatic N) is 1. The highest BCUT2D eigenvalue weighted by Crippen LogP contribution is 2.29. The summed E-state index contributed by atoms with van der Waals surface area (Å²) in [5, 5.41) is 11.8. The minimum Gasteiger partial charge on any atom is -0.460 e. The molecule has 21 heteroatoms. The van der Waals surface area contributed by atoms with Gasteiger partial charge in [-0.25, -0.2) is 9.59 Å². The number of hydrogen-bond donors (Lipinski definition) is 4. The van der Waals surface area contributed by atoms with Gasteiger partial charge in [0.15, 0.2) is 0 Å². The van der Waals surface area contributed by atoms with E-state index in [1.807, 2.05) is 20.8 Å². The van der Waals surface area contributed by atoms with Crippen molar-refractivity contribution in [1.29, 1.82) is 0 Å².